The molecule has 1 spiro atoms. The molecule has 0 radical (unpaired) electrons. The van der Waals surface area contributed by atoms with Crippen LogP contribution < -0.4 is 0 Å². The van der Waals surface area contributed by atoms with Crippen molar-refractivity contribution in [2.24, 2.45) is 33.0 Å². The second-order valence-electron chi connectivity index (χ2n) is 17.9. The van der Waals surface area contributed by atoms with Gasteiger partial charge in [0.15, 0.2) is 0 Å². The van der Waals surface area contributed by atoms with E-state index in [1.807, 2.05) is 0 Å². The summed E-state index contributed by atoms with van der Waals surface area (Å²) < 4.78 is 38.2. The van der Waals surface area contributed by atoms with Gasteiger partial charge in [0.25, 0.3) is 0 Å². The molecule has 264 valence electrons. The Balaban J connectivity index is 1.64. The molecule has 2 saturated heterocycles. The first kappa shape index (κ1) is 39.9. The normalized spacial score (nSPS) is 28.4. The van der Waals surface area contributed by atoms with Crippen LogP contribution in [0.3, 0.4) is 0 Å². The fourth-order valence-corrected chi connectivity index (χ4v) is 8.83. The van der Waals surface area contributed by atoms with E-state index >= 15 is 0 Å². The standard InChI is InChI=1S/C38H66O6P2/c1-16-18-37(14,15)32-22-28(3)21-31(36(11,12)13)33(32)44-46-41-25-38(26-42-46)23-39-45(40-24-38)43-29(4)30(35(8,9)10)20-27(2)17-19-34(5,6)7/h17,20,22,28-29H,16,18-19,21,23-26H2,1-15H3/b27-17-,30-20+. The molecule has 46 heavy (non-hydrogen) atoms. The lowest BCUT2D eigenvalue weighted by Crippen LogP contribution is -2.45. The summed E-state index contributed by atoms with van der Waals surface area (Å²) in [6.45, 7) is 35.7. The van der Waals surface area contributed by atoms with Crippen molar-refractivity contribution in [2.45, 2.75) is 136 Å². The molecule has 0 aromatic heterocycles. The summed E-state index contributed by atoms with van der Waals surface area (Å²) in [6.07, 6.45) is 11.1. The van der Waals surface area contributed by atoms with Crippen LogP contribution >= 0.6 is 17.2 Å². The van der Waals surface area contributed by atoms with Gasteiger partial charge >= 0.3 is 17.2 Å². The largest absolute Gasteiger partial charge is 0.426 e. The molecule has 3 rings (SSSR count). The second kappa shape index (κ2) is 15.5. The fourth-order valence-electron chi connectivity index (χ4n) is 6.21. The van der Waals surface area contributed by atoms with Crippen LogP contribution in [0.2, 0.25) is 0 Å². The van der Waals surface area contributed by atoms with Gasteiger partial charge in [0.1, 0.15) is 5.76 Å². The Labute approximate surface area is 285 Å². The van der Waals surface area contributed by atoms with E-state index in [1.54, 1.807) is 0 Å². The minimum absolute atomic E-state index is 0.00438. The Kier molecular flexibility index (Phi) is 13.5. The van der Waals surface area contributed by atoms with Crippen molar-refractivity contribution in [2.75, 3.05) is 26.4 Å². The molecular weight excluding hydrogens is 614 g/mol. The quantitative estimate of drug-likeness (QED) is 0.169. The molecule has 0 bridgehead atoms. The Bertz CT molecular complexity index is 1140. The van der Waals surface area contributed by atoms with Gasteiger partial charge in [-0.2, -0.15) is 0 Å². The Morgan fingerprint density at radius 2 is 1.48 bits per heavy atom. The van der Waals surface area contributed by atoms with Crippen LogP contribution in [0.15, 0.2) is 46.3 Å². The summed E-state index contributed by atoms with van der Waals surface area (Å²) in [6, 6.07) is 0. The van der Waals surface area contributed by atoms with Crippen molar-refractivity contribution < 1.29 is 27.1 Å². The highest BCUT2D eigenvalue weighted by atomic mass is 31.2. The minimum atomic E-state index is -1.53. The predicted molar refractivity (Wildman–Crippen MR) is 194 cm³/mol. The summed E-state index contributed by atoms with van der Waals surface area (Å²) in [5.41, 5.74) is 4.95. The monoisotopic (exact) mass is 680 g/mol. The lowest BCUT2D eigenvalue weighted by atomic mass is 9.70. The maximum Gasteiger partial charge on any atom is 0.397 e. The average Bonchev–Trinajstić information content (AvgIpc) is 2.92. The number of rotatable bonds is 10. The molecule has 0 N–H and O–H groups in total. The minimum Gasteiger partial charge on any atom is -0.426 e. The molecule has 0 amide bonds. The third-order valence-corrected chi connectivity index (χ3v) is 11.2. The molecule has 2 atom stereocenters. The van der Waals surface area contributed by atoms with Gasteiger partial charge in [-0.3, -0.25) is 0 Å². The molecule has 2 fully saturated rings. The first-order chi connectivity index (χ1) is 21.1. The van der Waals surface area contributed by atoms with Crippen LogP contribution in [0, 0.1) is 33.0 Å². The zero-order chi connectivity index (χ0) is 34.7. The van der Waals surface area contributed by atoms with E-state index < -0.39 is 17.2 Å². The van der Waals surface area contributed by atoms with E-state index in [9.17, 15) is 0 Å². The van der Waals surface area contributed by atoms with Gasteiger partial charge in [-0.05, 0) is 77.4 Å². The highest BCUT2D eigenvalue weighted by molar-refractivity contribution is 7.42. The zero-order valence-electron chi connectivity index (χ0n) is 31.9. The summed E-state index contributed by atoms with van der Waals surface area (Å²) in [5.74, 6) is 1.46. The van der Waals surface area contributed by atoms with Crippen molar-refractivity contribution in [1.82, 2.24) is 0 Å². The topological polar surface area (TPSA) is 55.4 Å². The highest BCUT2D eigenvalue weighted by Crippen LogP contribution is 2.57. The number of allylic oxidation sites excluding steroid dienone is 6. The van der Waals surface area contributed by atoms with Gasteiger partial charge in [-0.15, -0.1) is 0 Å². The van der Waals surface area contributed by atoms with Crippen molar-refractivity contribution in [3.05, 3.63) is 46.3 Å². The lowest BCUT2D eigenvalue weighted by Gasteiger charge is -2.43. The Morgan fingerprint density at radius 1 is 0.935 bits per heavy atom. The molecule has 1 aliphatic carbocycles. The molecule has 3 aliphatic rings. The molecule has 2 aliphatic heterocycles. The third-order valence-electron chi connectivity index (χ3n) is 9.04. The third kappa shape index (κ3) is 11.2. The van der Waals surface area contributed by atoms with Gasteiger partial charge < -0.3 is 27.1 Å². The van der Waals surface area contributed by atoms with Gasteiger partial charge in [0.05, 0.1) is 37.9 Å². The van der Waals surface area contributed by atoms with Crippen LogP contribution in [0.5, 0.6) is 0 Å². The first-order valence-electron chi connectivity index (χ1n) is 17.4. The van der Waals surface area contributed by atoms with Crippen LogP contribution in [0.4, 0.5) is 0 Å². The maximum absolute atomic E-state index is 6.72. The summed E-state index contributed by atoms with van der Waals surface area (Å²) in [5, 5.41) is 0. The van der Waals surface area contributed by atoms with Crippen LogP contribution in [0.25, 0.3) is 0 Å². The summed E-state index contributed by atoms with van der Waals surface area (Å²) >= 11 is 0. The van der Waals surface area contributed by atoms with Crippen molar-refractivity contribution in [1.29, 1.82) is 0 Å². The summed E-state index contributed by atoms with van der Waals surface area (Å²) in [7, 11) is -3.01. The maximum atomic E-state index is 6.72. The molecule has 0 aromatic rings. The number of hydrogen-bond acceptors (Lipinski definition) is 6. The lowest BCUT2D eigenvalue weighted by molar-refractivity contribution is -0.0759. The molecule has 0 saturated carbocycles. The highest BCUT2D eigenvalue weighted by Gasteiger charge is 2.46. The van der Waals surface area contributed by atoms with E-state index in [2.05, 4.69) is 122 Å². The zero-order valence-corrected chi connectivity index (χ0v) is 33.7. The molecule has 8 heteroatoms. The van der Waals surface area contributed by atoms with Crippen LogP contribution in [0.1, 0.15) is 130 Å². The van der Waals surface area contributed by atoms with E-state index in [0.717, 1.165) is 31.4 Å². The van der Waals surface area contributed by atoms with Gasteiger partial charge in [-0.25, -0.2) is 0 Å². The molecule has 6 nitrogen and oxygen atoms in total. The smallest absolute Gasteiger partial charge is 0.397 e. The van der Waals surface area contributed by atoms with Crippen molar-refractivity contribution in [3.8, 4) is 0 Å². The van der Waals surface area contributed by atoms with Crippen molar-refractivity contribution >= 4 is 17.2 Å². The molecule has 2 unspecified atom stereocenters. The first-order valence-corrected chi connectivity index (χ1v) is 19.6. The van der Waals surface area contributed by atoms with E-state index in [1.165, 1.54) is 22.3 Å². The summed E-state index contributed by atoms with van der Waals surface area (Å²) in [4.78, 5) is 0. The Morgan fingerprint density at radius 3 is 1.96 bits per heavy atom. The molecular formula is C38H66O6P2. The van der Waals surface area contributed by atoms with Gasteiger partial charge in [-0.1, -0.05) is 120 Å². The predicted octanol–water partition coefficient (Wildman–Crippen LogP) is 12.4. The van der Waals surface area contributed by atoms with E-state index in [4.69, 9.17) is 27.1 Å². The SMILES string of the molecule is CCCC(C)(C)C1=CC(C)CC(C(C)(C)C)=C1OP1OCC2(CO1)COP(OC(C)/C(=C\C(C)=C/CC(C)(C)C)C(C)(C)C)OC2. The second-order valence-corrected chi connectivity index (χ2v) is 20.2. The molecule has 0 aromatic carbocycles. The number of hydrogen-bond donors (Lipinski definition) is 0. The van der Waals surface area contributed by atoms with E-state index in [-0.39, 0.29) is 33.2 Å². The van der Waals surface area contributed by atoms with Gasteiger partial charge in [0, 0.05) is 0 Å². The van der Waals surface area contributed by atoms with Crippen LogP contribution in [-0.2, 0) is 27.1 Å². The molecule has 2 heterocycles. The van der Waals surface area contributed by atoms with Crippen LogP contribution in [-0.4, -0.2) is 32.5 Å². The van der Waals surface area contributed by atoms with Crippen molar-refractivity contribution in [3.63, 3.8) is 0 Å². The van der Waals surface area contributed by atoms with Gasteiger partial charge in [0.2, 0.25) is 0 Å². The average molecular weight is 681 g/mol. The van der Waals surface area contributed by atoms with E-state index in [0.29, 0.717) is 32.3 Å². The Hall–Kier alpha value is -0.580. The fraction of sp³-hybridized carbons (Fsp3) is 0.789.